The van der Waals surface area contributed by atoms with E-state index in [1.165, 1.54) is 7.11 Å². The number of hydrogen-bond donors (Lipinski definition) is 2. The van der Waals surface area contributed by atoms with Gasteiger partial charge in [-0.2, -0.15) is 0 Å². The molecule has 0 fully saturated rings. The predicted octanol–water partition coefficient (Wildman–Crippen LogP) is 5.32. The maximum Gasteiger partial charge on any atom is 0.295 e. The van der Waals surface area contributed by atoms with E-state index in [2.05, 4.69) is 10.6 Å². The first kappa shape index (κ1) is 22.0. The number of hydrogen-bond acceptors (Lipinski definition) is 5. The molecule has 0 aliphatic heterocycles. The van der Waals surface area contributed by atoms with E-state index in [1.807, 2.05) is 62.3 Å². The maximum atomic E-state index is 12.9. The van der Waals surface area contributed by atoms with Crippen LogP contribution < -0.4 is 20.3 Å². The number of carbonyl (C=O) groups is 2. The lowest BCUT2D eigenvalue weighted by Gasteiger charge is -2.13. The van der Waals surface area contributed by atoms with Gasteiger partial charge in [-0.1, -0.05) is 18.2 Å². The molecule has 0 atom stereocenters. The third kappa shape index (κ3) is 4.67. The van der Waals surface area contributed by atoms with E-state index in [1.54, 1.807) is 30.3 Å². The summed E-state index contributed by atoms with van der Waals surface area (Å²) in [4.78, 5) is 27.6. The molecule has 168 valence electrons. The van der Waals surface area contributed by atoms with Gasteiger partial charge in [-0.25, -0.2) is 0 Å². The first-order chi connectivity index (χ1) is 15.9. The molecule has 1 heterocycles. The Morgan fingerprint density at radius 1 is 0.879 bits per heavy atom. The van der Waals surface area contributed by atoms with E-state index in [4.69, 9.17) is 9.15 Å². The molecule has 4 aromatic rings. The summed E-state index contributed by atoms with van der Waals surface area (Å²) < 4.78 is 11.3. The first-order valence-electron chi connectivity index (χ1n) is 10.4. The van der Waals surface area contributed by atoms with Crippen molar-refractivity contribution in [2.45, 2.75) is 6.92 Å². The van der Waals surface area contributed by atoms with Crippen LogP contribution in [0.3, 0.4) is 0 Å². The molecule has 0 aliphatic rings. The van der Waals surface area contributed by atoms with E-state index >= 15 is 0 Å². The van der Waals surface area contributed by atoms with E-state index in [0.717, 1.165) is 11.3 Å². The lowest BCUT2D eigenvalue weighted by atomic mass is 10.1. The second-order valence-electron chi connectivity index (χ2n) is 7.90. The van der Waals surface area contributed by atoms with Gasteiger partial charge in [-0.15, -0.1) is 0 Å². The van der Waals surface area contributed by atoms with Crippen LogP contribution in [0.5, 0.6) is 5.75 Å². The minimum Gasteiger partial charge on any atom is -0.492 e. The molecule has 3 aromatic carbocycles. The Balaban J connectivity index is 1.60. The van der Waals surface area contributed by atoms with Gasteiger partial charge < -0.3 is 24.7 Å². The summed E-state index contributed by atoms with van der Waals surface area (Å²) >= 11 is 0. The number of furan rings is 1. The topological polar surface area (TPSA) is 83.8 Å². The molecule has 33 heavy (non-hydrogen) atoms. The third-order valence-electron chi connectivity index (χ3n) is 5.21. The minimum atomic E-state index is -0.417. The SMILES string of the molecule is COc1c(C(=O)Nc2cccc(C)c2)oc2ccc(NC(=O)c3cccc(N(C)C)c3)cc12. The van der Waals surface area contributed by atoms with Gasteiger partial charge in [-0.05, 0) is 61.0 Å². The second-order valence-corrected chi connectivity index (χ2v) is 7.90. The van der Waals surface area contributed by atoms with Crippen molar-refractivity contribution >= 4 is 39.8 Å². The van der Waals surface area contributed by atoms with Crippen LogP contribution in [0.15, 0.2) is 71.1 Å². The monoisotopic (exact) mass is 443 g/mol. The molecule has 0 bridgehead atoms. The fraction of sp³-hybridized carbons (Fsp3) is 0.154. The largest absolute Gasteiger partial charge is 0.492 e. The Labute approximate surface area is 192 Å². The summed E-state index contributed by atoms with van der Waals surface area (Å²) in [6.07, 6.45) is 0. The number of ether oxygens (including phenoxy) is 1. The molecular formula is C26H25N3O4. The average molecular weight is 444 g/mol. The van der Waals surface area contributed by atoms with Gasteiger partial charge in [-0.3, -0.25) is 9.59 Å². The van der Waals surface area contributed by atoms with Crippen molar-refractivity contribution in [2.24, 2.45) is 0 Å². The fourth-order valence-corrected chi connectivity index (χ4v) is 3.54. The Hall–Kier alpha value is -4.26. The summed E-state index contributed by atoms with van der Waals surface area (Å²) in [5, 5.41) is 6.32. The van der Waals surface area contributed by atoms with Crippen molar-refractivity contribution in [3.8, 4) is 5.75 Å². The highest BCUT2D eigenvalue weighted by atomic mass is 16.5. The summed E-state index contributed by atoms with van der Waals surface area (Å²) in [5.74, 6) is -0.283. The zero-order chi connectivity index (χ0) is 23.5. The van der Waals surface area contributed by atoms with Crippen molar-refractivity contribution in [3.05, 3.63) is 83.6 Å². The number of carbonyl (C=O) groups excluding carboxylic acids is 2. The molecule has 7 heteroatoms. The molecule has 4 rings (SSSR count). The van der Waals surface area contributed by atoms with Crippen LogP contribution in [-0.4, -0.2) is 33.0 Å². The minimum absolute atomic E-state index is 0.0659. The Morgan fingerprint density at radius 2 is 1.61 bits per heavy atom. The number of aryl methyl sites for hydroxylation is 1. The zero-order valence-electron chi connectivity index (χ0n) is 18.9. The van der Waals surface area contributed by atoms with Crippen LogP contribution in [0.1, 0.15) is 26.5 Å². The molecular weight excluding hydrogens is 418 g/mol. The van der Waals surface area contributed by atoms with E-state index in [0.29, 0.717) is 33.7 Å². The van der Waals surface area contributed by atoms with E-state index in [-0.39, 0.29) is 11.7 Å². The predicted molar refractivity (Wildman–Crippen MR) is 131 cm³/mol. The molecule has 0 saturated carbocycles. The Morgan fingerprint density at radius 3 is 2.33 bits per heavy atom. The number of methoxy groups -OCH3 is 1. The van der Waals surface area contributed by atoms with Crippen molar-refractivity contribution in [1.29, 1.82) is 0 Å². The number of benzene rings is 3. The number of amides is 2. The summed E-state index contributed by atoms with van der Waals surface area (Å²) in [5.41, 5.74) is 4.20. The van der Waals surface area contributed by atoms with Crippen LogP contribution in [-0.2, 0) is 0 Å². The van der Waals surface area contributed by atoms with Crippen LogP contribution in [0, 0.1) is 6.92 Å². The maximum absolute atomic E-state index is 12.9. The van der Waals surface area contributed by atoms with Crippen LogP contribution in [0.25, 0.3) is 11.0 Å². The average Bonchev–Trinajstić information content (AvgIpc) is 3.17. The van der Waals surface area contributed by atoms with Gasteiger partial charge in [0.15, 0.2) is 5.75 Å². The van der Waals surface area contributed by atoms with E-state index in [9.17, 15) is 9.59 Å². The number of anilines is 3. The van der Waals surface area contributed by atoms with Gasteiger partial charge in [0.25, 0.3) is 11.8 Å². The van der Waals surface area contributed by atoms with Gasteiger partial charge in [0.05, 0.1) is 12.5 Å². The Kier molecular flexibility index (Phi) is 6.04. The lowest BCUT2D eigenvalue weighted by molar-refractivity contribution is 0.0992. The number of rotatable bonds is 6. The fourth-order valence-electron chi connectivity index (χ4n) is 3.54. The third-order valence-corrected chi connectivity index (χ3v) is 5.21. The van der Waals surface area contributed by atoms with Crippen molar-refractivity contribution in [3.63, 3.8) is 0 Å². The molecule has 7 nitrogen and oxygen atoms in total. The van der Waals surface area contributed by atoms with Crippen molar-refractivity contribution < 1.29 is 18.7 Å². The molecule has 0 radical (unpaired) electrons. The van der Waals surface area contributed by atoms with Crippen LogP contribution in [0.4, 0.5) is 17.1 Å². The standard InChI is InChI=1S/C26H25N3O4/c1-16-7-5-9-18(13-16)28-26(31)24-23(32-4)21-15-19(11-12-22(21)33-24)27-25(30)17-8-6-10-20(14-17)29(2)3/h5-15H,1-4H3,(H,27,30)(H,28,31). The van der Waals surface area contributed by atoms with Gasteiger partial charge >= 0.3 is 0 Å². The summed E-state index contributed by atoms with van der Waals surface area (Å²) in [6.45, 7) is 1.95. The molecule has 0 unspecified atom stereocenters. The van der Waals surface area contributed by atoms with E-state index < -0.39 is 5.91 Å². The summed E-state index contributed by atoms with van der Waals surface area (Å²) in [7, 11) is 5.32. The quantitative estimate of drug-likeness (QED) is 0.421. The highest BCUT2D eigenvalue weighted by Gasteiger charge is 2.22. The lowest BCUT2D eigenvalue weighted by Crippen LogP contribution is -2.14. The highest BCUT2D eigenvalue weighted by Crippen LogP contribution is 2.35. The molecule has 0 saturated heterocycles. The molecule has 1 aromatic heterocycles. The van der Waals surface area contributed by atoms with Gasteiger partial charge in [0, 0.05) is 36.7 Å². The highest BCUT2D eigenvalue weighted by molar-refractivity contribution is 6.09. The molecule has 0 aliphatic carbocycles. The molecule has 2 N–H and O–H groups in total. The number of nitrogens with zero attached hydrogens (tertiary/aromatic N) is 1. The van der Waals surface area contributed by atoms with Gasteiger partial charge in [0.2, 0.25) is 5.76 Å². The summed E-state index contributed by atoms with van der Waals surface area (Å²) in [6, 6.07) is 20.0. The second kappa shape index (κ2) is 9.08. The van der Waals surface area contributed by atoms with Crippen LogP contribution in [0.2, 0.25) is 0 Å². The number of nitrogens with one attached hydrogen (secondary N) is 2. The smallest absolute Gasteiger partial charge is 0.295 e. The molecule has 2 amide bonds. The first-order valence-corrected chi connectivity index (χ1v) is 10.4. The van der Waals surface area contributed by atoms with Gasteiger partial charge in [0.1, 0.15) is 5.58 Å². The van der Waals surface area contributed by atoms with Crippen LogP contribution >= 0.6 is 0 Å². The van der Waals surface area contributed by atoms with Crippen molar-refractivity contribution in [2.75, 3.05) is 36.7 Å². The molecule has 0 spiro atoms. The Bertz CT molecular complexity index is 1340. The normalized spacial score (nSPS) is 10.7. The zero-order valence-corrected chi connectivity index (χ0v) is 18.9. The van der Waals surface area contributed by atoms with Crippen molar-refractivity contribution in [1.82, 2.24) is 0 Å². The number of fused-ring (bicyclic) bond motifs is 1.